The molecule has 0 bridgehead atoms. The Hall–Kier alpha value is -2.02. The molecular formula is C23H31N3O2S. The second-order valence-electron chi connectivity index (χ2n) is 7.35. The van der Waals surface area contributed by atoms with Crippen molar-refractivity contribution in [2.75, 3.05) is 38.6 Å². The first-order valence-electron chi connectivity index (χ1n) is 10.2. The lowest BCUT2D eigenvalue weighted by molar-refractivity contribution is 0.0342. The summed E-state index contributed by atoms with van der Waals surface area (Å²) < 4.78 is 5.39. The summed E-state index contributed by atoms with van der Waals surface area (Å²) in [6, 6.07) is 17.0. The minimum absolute atomic E-state index is 0.113. The molecule has 0 aliphatic carbocycles. The second-order valence-corrected chi connectivity index (χ2v) is 8.46. The van der Waals surface area contributed by atoms with Crippen molar-refractivity contribution in [2.24, 2.45) is 0 Å². The largest absolute Gasteiger partial charge is 0.379 e. The third kappa shape index (κ3) is 8.09. The predicted octanol–water partition coefficient (Wildman–Crippen LogP) is 3.56. The summed E-state index contributed by atoms with van der Waals surface area (Å²) in [5.41, 5.74) is 5.01. The first-order valence-corrected chi connectivity index (χ1v) is 11.4. The maximum Gasteiger partial charge on any atom is 0.315 e. The Balaban J connectivity index is 1.27. The molecule has 0 saturated carbocycles. The molecule has 2 aromatic rings. The summed E-state index contributed by atoms with van der Waals surface area (Å²) in [5.74, 6) is 1.87. The van der Waals surface area contributed by atoms with Crippen LogP contribution in [0.2, 0.25) is 0 Å². The normalized spacial score (nSPS) is 14.5. The lowest BCUT2D eigenvalue weighted by Gasteiger charge is -2.26. The van der Waals surface area contributed by atoms with Crippen LogP contribution in [0.4, 0.5) is 4.79 Å². The van der Waals surface area contributed by atoms with E-state index in [0.29, 0.717) is 13.1 Å². The van der Waals surface area contributed by atoms with E-state index in [4.69, 9.17) is 4.74 Å². The Morgan fingerprint density at radius 3 is 2.34 bits per heavy atom. The van der Waals surface area contributed by atoms with Crippen molar-refractivity contribution in [2.45, 2.75) is 25.8 Å². The van der Waals surface area contributed by atoms with Crippen molar-refractivity contribution in [3.05, 3.63) is 70.8 Å². The molecule has 0 radical (unpaired) electrons. The number of rotatable bonds is 9. The lowest BCUT2D eigenvalue weighted by atomic mass is 10.1. The van der Waals surface area contributed by atoms with Gasteiger partial charge in [-0.2, -0.15) is 11.8 Å². The number of nitrogens with zero attached hydrogens (tertiary/aromatic N) is 1. The predicted molar refractivity (Wildman–Crippen MR) is 120 cm³/mol. The standard InChI is InChI=1S/C23H31N3O2S/c1-19-2-4-22(5-3-19)18-29-15-10-24-23(27)25-16-20-6-8-21(9-7-20)17-26-11-13-28-14-12-26/h2-9H,10-18H2,1H3,(H2,24,25,27). The maximum absolute atomic E-state index is 12.0. The van der Waals surface area contributed by atoms with Crippen LogP contribution in [0.3, 0.4) is 0 Å². The molecule has 3 rings (SSSR count). The zero-order valence-corrected chi connectivity index (χ0v) is 18.0. The van der Waals surface area contributed by atoms with Crippen molar-refractivity contribution in [1.82, 2.24) is 15.5 Å². The van der Waals surface area contributed by atoms with Crippen LogP contribution in [-0.2, 0) is 23.6 Å². The summed E-state index contributed by atoms with van der Waals surface area (Å²) in [6.45, 7) is 7.89. The molecule has 29 heavy (non-hydrogen) atoms. The Morgan fingerprint density at radius 1 is 0.966 bits per heavy atom. The molecular weight excluding hydrogens is 382 g/mol. The molecule has 1 saturated heterocycles. The van der Waals surface area contributed by atoms with Crippen LogP contribution in [-0.4, -0.2) is 49.5 Å². The van der Waals surface area contributed by atoms with Gasteiger partial charge < -0.3 is 15.4 Å². The van der Waals surface area contributed by atoms with Gasteiger partial charge >= 0.3 is 6.03 Å². The van der Waals surface area contributed by atoms with Crippen molar-refractivity contribution in [1.29, 1.82) is 0 Å². The molecule has 2 aromatic carbocycles. The van der Waals surface area contributed by atoms with E-state index in [1.165, 1.54) is 16.7 Å². The van der Waals surface area contributed by atoms with Crippen LogP contribution >= 0.6 is 11.8 Å². The average molecular weight is 414 g/mol. The molecule has 1 aliphatic rings. The maximum atomic E-state index is 12.0. The minimum Gasteiger partial charge on any atom is -0.379 e. The average Bonchev–Trinajstić information content (AvgIpc) is 2.75. The number of nitrogens with one attached hydrogen (secondary N) is 2. The van der Waals surface area contributed by atoms with Gasteiger partial charge in [-0.1, -0.05) is 54.1 Å². The molecule has 2 amide bonds. The number of hydrogen-bond donors (Lipinski definition) is 2. The summed E-state index contributed by atoms with van der Waals surface area (Å²) in [4.78, 5) is 14.4. The summed E-state index contributed by atoms with van der Waals surface area (Å²) in [5, 5.41) is 5.85. The Bertz CT molecular complexity index is 744. The van der Waals surface area contributed by atoms with Gasteiger partial charge in [0.25, 0.3) is 0 Å². The summed E-state index contributed by atoms with van der Waals surface area (Å²) in [7, 11) is 0. The van der Waals surface area contributed by atoms with Crippen molar-refractivity contribution in [3.63, 3.8) is 0 Å². The van der Waals surface area contributed by atoms with Crippen LogP contribution in [0.25, 0.3) is 0 Å². The molecule has 0 atom stereocenters. The third-order valence-electron chi connectivity index (χ3n) is 4.91. The molecule has 2 N–H and O–H groups in total. The fourth-order valence-corrected chi connectivity index (χ4v) is 3.95. The van der Waals surface area contributed by atoms with Crippen LogP contribution in [0.15, 0.2) is 48.5 Å². The molecule has 0 aromatic heterocycles. The Labute approximate surface area is 178 Å². The molecule has 156 valence electrons. The van der Waals surface area contributed by atoms with Crippen LogP contribution in [0, 0.1) is 6.92 Å². The van der Waals surface area contributed by atoms with Gasteiger partial charge in [-0.15, -0.1) is 0 Å². The number of aryl methyl sites for hydroxylation is 1. The number of ether oxygens (including phenoxy) is 1. The number of carbonyl (C=O) groups excluding carboxylic acids is 1. The van der Waals surface area contributed by atoms with Gasteiger partial charge in [0.05, 0.1) is 13.2 Å². The number of amides is 2. The highest BCUT2D eigenvalue weighted by Crippen LogP contribution is 2.12. The number of benzene rings is 2. The van der Waals surface area contributed by atoms with E-state index in [9.17, 15) is 4.79 Å². The zero-order valence-electron chi connectivity index (χ0n) is 17.2. The van der Waals surface area contributed by atoms with Gasteiger partial charge in [0.1, 0.15) is 0 Å². The van der Waals surface area contributed by atoms with Gasteiger partial charge in [0, 0.05) is 44.2 Å². The van der Waals surface area contributed by atoms with Crippen molar-refractivity contribution in [3.8, 4) is 0 Å². The van der Waals surface area contributed by atoms with E-state index in [1.807, 2.05) is 11.8 Å². The van der Waals surface area contributed by atoms with Crippen LogP contribution in [0.1, 0.15) is 22.3 Å². The van der Waals surface area contributed by atoms with E-state index in [0.717, 1.165) is 49.9 Å². The van der Waals surface area contributed by atoms with E-state index in [2.05, 4.69) is 71.0 Å². The second kappa shape index (κ2) is 11.9. The monoisotopic (exact) mass is 413 g/mol. The van der Waals surface area contributed by atoms with Gasteiger partial charge in [0.15, 0.2) is 0 Å². The number of carbonyl (C=O) groups is 1. The summed E-state index contributed by atoms with van der Waals surface area (Å²) in [6.07, 6.45) is 0. The highest BCUT2D eigenvalue weighted by Gasteiger charge is 2.10. The van der Waals surface area contributed by atoms with E-state index in [1.54, 1.807) is 0 Å². The van der Waals surface area contributed by atoms with Gasteiger partial charge in [0.2, 0.25) is 0 Å². The molecule has 1 fully saturated rings. The van der Waals surface area contributed by atoms with E-state index in [-0.39, 0.29) is 6.03 Å². The van der Waals surface area contributed by atoms with Gasteiger partial charge in [-0.3, -0.25) is 4.90 Å². The topological polar surface area (TPSA) is 53.6 Å². The first kappa shape index (κ1) is 21.7. The molecule has 1 aliphatic heterocycles. The quantitative estimate of drug-likeness (QED) is 0.617. The smallest absolute Gasteiger partial charge is 0.315 e. The lowest BCUT2D eigenvalue weighted by Crippen LogP contribution is -2.36. The highest BCUT2D eigenvalue weighted by atomic mass is 32.2. The van der Waals surface area contributed by atoms with Crippen molar-refractivity contribution >= 4 is 17.8 Å². The fraction of sp³-hybridized carbons (Fsp3) is 0.435. The Morgan fingerprint density at radius 2 is 1.62 bits per heavy atom. The number of hydrogen-bond acceptors (Lipinski definition) is 4. The molecule has 0 spiro atoms. The SMILES string of the molecule is Cc1ccc(CSCCNC(=O)NCc2ccc(CN3CCOCC3)cc2)cc1. The zero-order chi connectivity index (χ0) is 20.3. The van der Waals surface area contributed by atoms with E-state index < -0.39 is 0 Å². The third-order valence-corrected chi connectivity index (χ3v) is 5.94. The molecule has 6 heteroatoms. The Kier molecular flexibility index (Phi) is 8.86. The molecule has 0 unspecified atom stereocenters. The van der Waals surface area contributed by atoms with Gasteiger partial charge in [-0.25, -0.2) is 4.79 Å². The summed E-state index contributed by atoms with van der Waals surface area (Å²) >= 11 is 1.83. The van der Waals surface area contributed by atoms with Crippen LogP contribution < -0.4 is 10.6 Å². The van der Waals surface area contributed by atoms with E-state index >= 15 is 0 Å². The number of morpholine rings is 1. The molecule has 1 heterocycles. The number of urea groups is 1. The molecule has 5 nitrogen and oxygen atoms in total. The first-order chi connectivity index (χ1) is 14.2. The minimum atomic E-state index is -0.113. The fourth-order valence-electron chi connectivity index (χ4n) is 3.14. The highest BCUT2D eigenvalue weighted by molar-refractivity contribution is 7.98. The van der Waals surface area contributed by atoms with Crippen molar-refractivity contribution < 1.29 is 9.53 Å². The van der Waals surface area contributed by atoms with Crippen LogP contribution in [0.5, 0.6) is 0 Å². The number of thioether (sulfide) groups is 1. The van der Waals surface area contributed by atoms with Gasteiger partial charge in [-0.05, 0) is 23.6 Å².